The van der Waals surface area contributed by atoms with E-state index in [-0.39, 0.29) is 18.4 Å². The molecule has 2 aromatic carbocycles. The van der Waals surface area contributed by atoms with Gasteiger partial charge in [0, 0.05) is 26.2 Å². The van der Waals surface area contributed by atoms with Crippen LogP contribution in [0.4, 0.5) is 5.69 Å². The number of fused-ring (bicyclic) bond motifs is 1. The van der Waals surface area contributed by atoms with Gasteiger partial charge in [-0.2, -0.15) is 0 Å². The Labute approximate surface area is 154 Å². The SMILES string of the molecule is CON(C)C(=O)C(=O)C[C@@H]1C[C@H](c2ccccc2)N(C)c2ccccc21. The van der Waals surface area contributed by atoms with Gasteiger partial charge in [-0.25, -0.2) is 5.06 Å². The highest BCUT2D eigenvalue weighted by Crippen LogP contribution is 2.45. The summed E-state index contributed by atoms with van der Waals surface area (Å²) < 4.78 is 0. The molecule has 0 N–H and O–H groups in total. The number of nitrogens with zero attached hydrogens (tertiary/aromatic N) is 2. The van der Waals surface area contributed by atoms with Crippen molar-refractivity contribution in [2.24, 2.45) is 0 Å². The third-order valence-electron chi connectivity index (χ3n) is 5.15. The lowest BCUT2D eigenvalue weighted by Gasteiger charge is -2.40. The zero-order chi connectivity index (χ0) is 18.7. The number of ketones is 1. The van der Waals surface area contributed by atoms with Crippen LogP contribution >= 0.6 is 0 Å². The second kappa shape index (κ2) is 7.70. The molecule has 0 unspecified atom stereocenters. The van der Waals surface area contributed by atoms with Gasteiger partial charge in [0.15, 0.2) is 0 Å². The fourth-order valence-electron chi connectivity index (χ4n) is 3.67. The van der Waals surface area contributed by atoms with E-state index < -0.39 is 11.7 Å². The molecule has 0 spiro atoms. The smallest absolute Gasteiger partial charge is 0.313 e. The predicted octanol–water partition coefficient (Wildman–Crippen LogP) is 3.33. The normalized spacial score (nSPS) is 19.0. The van der Waals surface area contributed by atoms with E-state index in [0.717, 1.165) is 22.7 Å². The molecule has 0 saturated heterocycles. The van der Waals surface area contributed by atoms with Crippen molar-refractivity contribution in [1.82, 2.24) is 5.06 Å². The second-order valence-electron chi connectivity index (χ2n) is 6.64. The average molecular weight is 352 g/mol. The van der Waals surface area contributed by atoms with E-state index in [4.69, 9.17) is 4.84 Å². The summed E-state index contributed by atoms with van der Waals surface area (Å²) in [6, 6.07) is 18.6. The maximum atomic E-state index is 12.5. The number of amides is 1. The molecular weight excluding hydrogens is 328 g/mol. The Kier molecular flexibility index (Phi) is 5.38. The molecule has 0 fully saturated rings. The van der Waals surface area contributed by atoms with Gasteiger partial charge in [-0.05, 0) is 29.5 Å². The summed E-state index contributed by atoms with van der Waals surface area (Å²) in [6.07, 6.45) is 0.966. The first-order valence-electron chi connectivity index (χ1n) is 8.74. The first-order valence-corrected chi connectivity index (χ1v) is 8.74. The van der Waals surface area contributed by atoms with Gasteiger partial charge in [-0.1, -0.05) is 48.5 Å². The van der Waals surface area contributed by atoms with Crippen molar-refractivity contribution in [3.05, 3.63) is 65.7 Å². The molecule has 5 heteroatoms. The molecular formula is C21H24N2O3. The Bertz CT molecular complexity index is 791. The first kappa shape index (κ1) is 18.1. The fraction of sp³-hybridized carbons (Fsp3) is 0.333. The Morgan fingerprint density at radius 3 is 2.46 bits per heavy atom. The highest BCUT2D eigenvalue weighted by molar-refractivity contribution is 6.35. The van der Waals surface area contributed by atoms with E-state index in [2.05, 4.69) is 36.2 Å². The molecule has 0 aliphatic carbocycles. The van der Waals surface area contributed by atoms with Crippen LogP contribution in [0.3, 0.4) is 0 Å². The summed E-state index contributed by atoms with van der Waals surface area (Å²) in [5.41, 5.74) is 3.43. The van der Waals surface area contributed by atoms with Crippen LogP contribution in [0.25, 0.3) is 0 Å². The topological polar surface area (TPSA) is 49.9 Å². The van der Waals surface area contributed by atoms with E-state index in [1.807, 2.05) is 30.3 Å². The molecule has 1 aliphatic rings. The van der Waals surface area contributed by atoms with Gasteiger partial charge >= 0.3 is 5.91 Å². The Balaban J connectivity index is 1.90. The average Bonchev–Trinajstić information content (AvgIpc) is 2.69. The maximum absolute atomic E-state index is 12.5. The summed E-state index contributed by atoms with van der Waals surface area (Å²) >= 11 is 0. The number of rotatable bonds is 5. The number of hydrogen-bond donors (Lipinski definition) is 0. The lowest BCUT2D eigenvalue weighted by atomic mass is 9.80. The van der Waals surface area contributed by atoms with Gasteiger partial charge in [0.05, 0.1) is 13.2 Å². The minimum Gasteiger partial charge on any atom is -0.367 e. The number of hydrogen-bond acceptors (Lipinski definition) is 4. The first-order chi connectivity index (χ1) is 12.5. The van der Waals surface area contributed by atoms with Crippen LogP contribution in [0.2, 0.25) is 0 Å². The quantitative estimate of drug-likeness (QED) is 0.612. The van der Waals surface area contributed by atoms with Gasteiger partial charge < -0.3 is 4.90 Å². The zero-order valence-corrected chi connectivity index (χ0v) is 15.4. The monoisotopic (exact) mass is 352 g/mol. The molecule has 0 aromatic heterocycles. The van der Waals surface area contributed by atoms with Crippen LogP contribution in [-0.4, -0.2) is 38.0 Å². The van der Waals surface area contributed by atoms with Crippen molar-refractivity contribution in [2.45, 2.75) is 24.8 Å². The molecule has 26 heavy (non-hydrogen) atoms. The van der Waals surface area contributed by atoms with Crippen molar-refractivity contribution in [2.75, 3.05) is 26.1 Å². The van der Waals surface area contributed by atoms with Crippen molar-refractivity contribution in [3.8, 4) is 0 Å². The number of likely N-dealkylation sites (N-methyl/N-ethyl adjacent to an activating group) is 1. The molecule has 1 heterocycles. The third kappa shape index (κ3) is 3.48. The molecule has 5 nitrogen and oxygen atoms in total. The Morgan fingerprint density at radius 1 is 1.12 bits per heavy atom. The number of para-hydroxylation sites is 1. The molecule has 136 valence electrons. The van der Waals surface area contributed by atoms with Gasteiger partial charge in [-0.3, -0.25) is 14.4 Å². The molecule has 0 radical (unpaired) electrons. The molecule has 2 aromatic rings. The number of anilines is 1. The number of carbonyl (C=O) groups is 2. The van der Waals surface area contributed by atoms with Crippen molar-refractivity contribution in [3.63, 3.8) is 0 Å². The van der Waals surface area contributed by atoms with Gasteiger partial charge in [-0.15, -0.1) is 0 Å². The maximum Gasteiger partial charge on any atom is 0.313 e. The van der Waals surface area contributed by atoms with Crippen molar-refractivity contribution < 1.29 is 14.4 Å². The standard InChI is InChI=1S/C21H24N2O3/c1-22-18-12-8-7-11-17(18)16(14-20(24)21(25)23(2)26-3)13-19(22)15-9-5-4-6-10-15/h4-12,16,19H,13-14H2,1-3H3/t16-,19+/m0/s1. The molecule has 3 rings (SSSR count). The Hall–Kier alpha value is -2.66. The zero-order valence-electron chi connectivity index (χ0n) is 15.4. The van der Waals surface area contributed by atoms with Crippen molar-refractivity contribution in [1.29, 1.82) is 0 Å². The van der Waals surface area contributed by atoms with Crippen LogP contribution in [-0.2, 0) is 14.4 Å². The summed E-state index contributed by atoms with van der Waals surface area (Å²) in [7, 11) is 4.91. The molecule has 0 saturated carbocycles. The van der Waals surface area contributed by atoms with Crippen molar-refractivity contribution >= 4 is 17.4 Å². The minimum atomic E-state index is -0.611. The number of hydroxylamine groups is 2. The van der Waals surface area contributed by atoms with Crippen LogP contribution in [0.1, 0.15) is 35.9 Å². The molecule has 0 bridgehead atoms. The highest BCUT2D eigenvalue weighted by atomic mass is 16.7. The van der Waals surface area contributed by atoms with Gasteiger partial charge in [0.25, 0.3) is 0 Å². The van der Waals surface area contributed by atoms with Crippen LogP contribution in [0, 0.1) is 0 Å². The number of benzene rings is 2. The molecule has 1 amide bonds. The summed E-state index contributed by atoms with van der Waals surface area (Å²) in [5.74, 6) is -1.04. The largest absolute Gasteiger partial charge is 0.367 e. The predicted molar refractivity (Wildman–Crippen MR) is 101 cm³/mol. The lowest BCUT2D eigenvalue weighted by Crippen LogP contribution is -2.36. The molecule has 2 atom stereocenters. The van der Waals surface area contributed by atoms with E-state index in [0.29, 0.717) is 0 Å². The van der Waals surface area contributed by atoms with E-state index in [9.17, 15) is 9.59 Å². The second-order valence-corrected chi connectivity index (χ2v) is 6.64. The minimum absolute atomic E-state index is 0.00527. The molecule has 1 aliphatic heterocycles. The number of Topliss-reactive ketones (excluding diaryl/α,β-unsaturated/α-hetero) is 1. The van der Waals surface area contributed by atoms with Crippen LogP contribution < -0.4 is 4.90 Å². The third-order valence-corrected chi connectivity index (χ3v) is 5.15. The number of carbonyl (C=O) groups excluding carboxylic acids is 2. The van der Waals surface area contributed by atoms with Gasteiger partial charge in [0.2, 0.25) is 5.78 Å². The van der Waals surface area contributed by atoms with E-state index >= 15 is 0 Å². The Morgan fingerprint density at radius 2 is 1.77 bits per heavy atom. The van der Waals surface area contributed by atoms with Crippen LogP contribution in [0.5, 0.6) is 0 Å². The van der Waals surface area contributed by atoms with E-state index in [1.54, 1.807) is 0 Å². The van der Waals surface area contributed by atoms with Gasteiger partial charge in [0.1, 0.15) is 0 Å². The summed E-state index contributed by atoms with van der Waals surface area (Å²) in [6.45, 7) is 0. The lowest BCUT2D eigenvalue weighted by molar-refractivity contribution is -0.173. The summed E-state index contributed by atoms with van der Waals surface area (Å²) in [4.78, 5) is 31.7. The van der Waals surface area contributed by atoms with E-state index in [1.165, 1.54) is 19.7 Å². The highest BCUT2D eigenvalue weighted by Gasteiger charge is 2.34. The fourth-order valence-corrected chi connectivity index (χ4v) is 3.67. The van der Waals surface area contributed by atoms with Crippen LogP contribution in [0.15, 0.2) is 54.6 Å². The summed E-state index contributed by atoms with van der Waals surface area (Å²) in [5, 5.41) is 0.984.